The second-order valence-corrected chi connectivity index (χ2v) is 7.24. The highest BCUT2D eigenvalue weighted by molar-refractivity contribution is 5.83. The van der Waals surface area contributed by atoms with E-state index in [0.717, 1.165) is 25.9 Å². The number of nitrogens with one attached hydrogen (secondary N) is 2. The third kappa shape index (κ3) is 3.90. The molecule has 2 unspecified atom stereocenters. The van der Waals surface area contributed by atoms with Crippen LogP contribution in [-0.4, -0.2) is 79.8 Å². The molecule has 0 radical (unpaired) electrons. The lowest BCUT2D eigenvalue weighted by Gasteiger charge is -2.23. The average Bonchev–Trinajstić information content (AvgIpc) is 3.29. The Hall–Kier alpha value is -2.34. The van der Waals surface area contributed by atoms with Crippen LogP contribution < -0.4 is 10.6 Å². The van der Waals surface area contributed by atoms with Crippen molar-refractivity contribution in [2.45, 2.75) is 56.8 Å². The largest absolute Gasteiger partial charge is 0.387 e. The number of amides is 1. The standard InChI is InChI=1S/C18H26N6O5/c1-2-19-17(27)14-12(25)13(26)18(29-14)24-9-23-11-15(21-8-22-16(11)24)20-7-10-5-3-4-6-28-10/h8-10,12-14,18,25-26H,2-7H2,1H3,(H,19,27)(H,20,21,22)/t10?,12-,13+,14-,18?/m0/s1. The summed E-state index contributed by atoms with van der Waals surface area (Å²) >= 11 is 0. The summed E-state index contributed by atoms with van der Waals surface area (Å²) in [5.74, 6) is 0.0756. The van der Waals surface area contributed by atoms with Crippen molar-refractivity contribution in [3.8, 4) is 0 Å². The van der Waals surface area contributed by atoms with Gasteiger partial charge in [-0.2, -0.15) is 0 Å². The number of carbonyl (C=O) groups excluding carboxylic acids is 1. The Labute approximate surface area is 167 Å². The van der Waals surface area contributed by atoms with E-state index in [2.05, 4.69) is 25.6 Å². The molecule has 5 atom stereocenters. The van der Waals surface area contributed by atoms with Crippen LogP contribution in [0.2, 0.25) is 0 Å². The number of nitrogens with zero attached hydrogens (tertiary/aromatic N) is 4. The summed E-state index contributed by atoms with van der Waals surface area (Å²) in [5.41, 5.74) is 0.940. The summed E-state index contributed by atoms with van der Waals surface area (Å²) in [6.45, 7) is 3.54. The number of hydrogen-bond donors (Lipinski definition) is 4. The molecule has 158 valence electrons. The summed E-state index contributed by atoms with van der Waals surface area (Å²) < 4.78 is 12.9. The summed E-state index contributed by atoms with van der Waals surface area (Å²) in [4.78, 5) is 25.0. The molecule has 0 aromatic carbocycles. The zero-order valence-electron chi connectivity index (χ0n) is 16.2. The van der Waals surface area contributed by atoms with Crippen molar-refractivity contribution in [1.29, 1.82) is 0 Å². The van der Waals surface area contributed by atoms with E-state index in [1.807, 2.05) is 0 Å². The van der Waals surface area contributed by atoms with Gasteiger partial charge in [-0.25, -0.2) is 15.0 Å². The van der Waals surface area contributed by atoms with Crippen LogP contribution in [0, 0.1) is 0 Å². The number of anilines is 1. The number of aliphatic hydroxyl groups excluding tert-OH is 2. The summed E-state index contributed by atoms with van der Waals surface area (Å²) in [6.07, 6.45) is 1.39. The van der Waals surface area contributed by atoms with E-state index < -0.39 is 30.4 Å². The number of imidazole rings is 1. The number of likely N-dealkylation sites (N-methyl/N-ethyl adjacent to an activating group) is 1. The van der Waals surface area contributed by atoms with Crippen molar-refractivity contribution < 1.29 is 24.5 Å². The van der Waals surface area contributed by atoms with Crippen LogP contribution in [-0.2, 0) is 14.3 Å². The molecule has 2 aliphatic rings. The highest BCUT2D eigenvalue weighted by Gasteiger charge is 2.47. The van der Waals surface area contributed by atoms with Gasteiger partial charge < -0.3 is 30.3 Å². The topological polar surface area (TPSA) is 144 Å². The molecule has 2 aliphatic heterocycles. The molecule has 0 bridgehead atoms. The van der Waals surface area contributed by atoms with Gasteiger partial charge >= 0.3 is 0 Å². The zero-order valence-corrected chi connectivity index (χ0v) is 16.2. The van der Waals surface area contributed by atoms with E-state index in [1.165, 1.54) is 17.2 Å². The Morgan fingerprint density at radius 1 is 1.28 bits per heavy atom. The predicted molar refractivity (Wildman–Crippen MR) is 102 cm³/mol. The molecule has 11 heteroatoms. The van der Waals surface area contributed by atoms with Gasteiger partial charge in [-0.15, -0.1) is 0 Å². The Morgan fingerprint density at radius 3 is 2.90 bits per heavy atom. The fourth-order valence-electron chi connectivity index (χ4n) is 3.73. The number of ether oxygens (including phenoxy) is 2. The maximum Gasteiger partial charge on any atom is 0.252 e. The molecule has 4 rings (SSSR count). The van der Waals surface area contributed by atoms with E-state index in [1.54, 1.807) is 6.92 Å². The molecule has 2 aromatic heterocycles. The Kier molecular flexibility index (Phi) is 5.90. The first kappa shape index (κ1) is 20.0. The first-order valence-corrected chi connectivity index (χ1v) is 9.92. The molecule has 2 aromatic rings. The molecular formula is C18H26N6O5. The van der Waals surface area contributed by atoms with E-state index in [4.69, 9.17) is 9.47 Å². The minimum atomic E-state index is -1.35. The predicted octanol–water partition coefficient (Wildman–Crippen LogP) is -0.437. The normalized spacial score (nSPS) is 29.8. The van der Waals surface area contributed by atoms with E-state index in [9.17, 15) is 15.0 Å². The number of carbonyl (C=O) groups is 1. The van der Waals surface area contributed by atoms with E-state index in [-0.39, 0.29) is 6.10 Å². The van der Waals surface area contributed by atoms with Gasteiger partial charge in [0.15, 0.2) is 29.3 Å². The second kappa shape index (κ2) is 8.57. The lowest BCUT2D eigenvalue weighted by atomic mass is 10.1. The minimum Gasteiger partial charge on any atom is -0.387 e. The van der Waals surface area contributed by atoms with Crippen molar-refractivity contribution in [3.05, 3.63) is 12.7 Å². The van der Waals surface area contributed by atoms with E-state index in [0.29, 0.717) is 30.1 Å². The fraction of sp³-hybridized carbons (Fsp3) is 0.667. The van der Waals surface area contributed by atoms with Crippen molar-refractivity contribution in [2.24, 2.45) is 0 Å². The molecule has 4 N–H and O–H groups in total. The van der Waals surface area contributed by atoms with Crippen LogP contribution in [0.1, 0.15) is 32.4 Å². The molecule has 2 fully saturated rings. The SMILES string of the molecule is CCNC(=O)[C@H]1OC(n2cnc3c(NCC4CCCCO4)ncnc32)[C@H](O)[C@@H]1O. The van der Waals surface area contributed by atoms with Crippen LogP contribution in [0.25, 0.3) is 11.2 Å². The molecule has 29 heavy (non-hydrogen) atoms. The van der Waals surface area contributed by atoms with Gasteiger partial charge in [0, 0.05) is 19.7 Å². The molecule has 4 heterocycles. The molecule has 11 nitrogen and oxygen atoms in total. The van der Waals surface area contributed by atoms with Crippen LogP contribution in [0.15, 0.2) is 12.7 Å². The van der Waals surface area contributed by atoms with Gasteiger partial charge in [0.05, 0.1) is 12.4 Å². The van der Waals surface area contributed by atoms with Crippen LogP contribution in [0.5, 0.6) is 0 Å². The third-order valence-electron chi connectivity index (χ3n) is 5.25. The van der Waals surface area contributed by atoms with Crippen LogP contribution in [0.4, 0.5) is 5.82 Å². The maximum absolute atomic E-state index is 12.1. The number of aliphatic hydroxyl groups is 2. The molecule has 1 amide bonds. The summed E-state index contributed by atoms with van der Waals surface area (Å²) in [7, 11) is 0. The van der Waals surface area contributed by atoms with Crippen LogP contribution >= 0.6 is 0 Å². The number of rotatable bonds is 6. The Balaban J connectivity index is 1.53. The van der Waals surface area contributed by atoms with Crippen molar-refractivity contribution in [3.63, 3.8) is 0 Å². The minimum absolute atomic E-state index is 0.129. The van der Waals surface area contributed by atoms with Gasteiger partial charge in [-0.3, -0.25) is 9.36 Å². The van der Waals surface area contributed by atoms with Gasteiger partial charge in [-0.05, 0) is 26.2 Å². The van der Waals surface area contributed by atoms with E-state index >= 15 is 0 Å². The molecule has 0 saturated carbocycles. The first-order chi connectivity index (χ1) is 14.1. The monoisotopic (exact) mass is 406 g/mol. The second-order valence-electron chi connectivity index (χ2n) is 7.24. The molecule has 2 saturated heterocycles. The number of aromatic nitrogens is 4. The highest BCUT2D eigenvalue weighted by atomic mass is 16.6. The van der Waals surface area contributed by atoms with Gasteiger partial charge in [0.2, 0.25) is 0 Å². The highest BCUT2D eigenvalue weighted by Crippen LogP contribution is 2.32. The lowest BCUT2D eigenvalue weighted by Crippen LogP contribution is -2.42. The molecular weight excluding hydrogens is 380 g/mol. The zero-order chi connectivity index (χ0) is 20.4. The molecule has 0 aliphatic carbocycles. The Morgan fingerprint density at radius 2 is 2.14 bits per heavy atom. The van der Waals surface area contributed by atoms with Gasteiger partial charge in [0.1, 0.15) is 18.5 Å². The van der Waals surface area contributed by atoms with Crippen molar-refractivity contribution in [1.82, 2.24) is 24.8 Å². The summed E-state index contributed by atoms with van der Waals surface area (Å²) in [6, 6.07) is 0. The smallest absolute Gasteiger partial charge is 0.252 e. The molecule has 0 spiro atoms. The van der Waals surface area contributed by atoms with Crippen molar-refractivity contribution in [2.75, 3.05) is 25.0 Å². The first-order valence-electron chi connectivity index (χ1n) is 9.92. The number of hydrogen-bond acceptors (Lipinski definition) is 9. The number of fused-ring (bicyclic) bond motifs is 1. The maximum atomic E-state index is 12.1. The quantitative estimate of drug-likeness (QED) is 0.502. The van der Waals surface area contributed by atoms with Gasteiger partial charge in [0.25, 0.3) is 5.91 Å². The summed E-state index contributed by atoms with van der Waals surface area (Å²) in [5, 5.41) is 26.5. The fourth-order valence-corrected chi connectivity index (χ4v) is 3.73. The lowest BCUT2D eigenvalue weighted by molar-refractivity contribution is -0.137. The van der Waals surface area contributed by atoms with Crippen molar-refractivity contribution >= 4 is 22.9 Å². The third-order valence-corrected chi connectivity index (χ3v) is 5.25. The average molecular weight is 406 g/mol. The van der Waals surface area contributed by atoms with Crippen LogP contribution in [0.3, 0.4) is 0 Å². The van der Waals surface area contributed by atoms with Gasteiger partial charge in [-0.1, -0.05) is 0 Å². The Bertz CT molecular complexity index is 854.